The van der Waals surface area contributed by atoms with Crippen LogP contribution in [0.2, 0.25) is 5.02 Å². The number of aryl methyl sites for hydroxylation is 1. The van der Waals surface area contributed by atoms with Crippen LogP contribution >= 0.6 is 22.9 Å². The van der Waals surface area contributed by atoms with Crippen LogP contribution in [0.15, 0.2) is 65.6 Å². The molecule has 1 atom stereocenters. The van der Waals surface area contributed by atoms with E-state index in [-0.39, 0.29) is 11.3 Å². The minimum atomic E-state index is -0.729. The molecule has 4 rings (SSSR count). The number of carbonyl (C=O) groups is 2. The van der Waals surface area contributed by atoms with E-state index >= 15 is 0 Å². The summed E-state index contributed by atoms with van der Waals surface area (Å²) in [6.45, 7) is 4.54. The molecule has 32 heavy (non-hydrogen) atoms. The molecule has 1 amide bonds. The Bertz CT molecular complexity index is 1180. The number of halogens is 1. The highest BCUT2D eigenvalue weighted by Gasteiger charge is 2.47. The average molecular weight is 468 g/mol. The van der Waals surface area contributed by atoms with E-state index in [1.165, 1.54) is 16.2 Å². The number of aliphatic hydroxyl groups is 1. The average Bonchev–Trinajstić information content (AvgIpc) is 3.33. The Kier molecular flexibility index (Phi) is 6.35. The third kappa shape index (κ3) is 4.04. The van der Waals surface area contributed by atoms with E-state index in [1.54, 1.807) is 48.5 Å². The van der Waals surface area contributed by atoms with E-state index in [9.17, 15) is 14.7 Å². The first-order valence-electron chi connectivity index (χ1n) is 10.3. The van der Waals surface area contributed by atoms with Gasteiger partial charge in [0.2, 0.25) is 0 Å². The summed E-state index contributed by atoms with van der Waals surface area (Å²) in [6.07, 6.45) is 0.885. The molecule has 0 saturated carbocycles. The van der Waals surface area contributed by atoms with Crippen molar-refractivity contribution in [1.82, 2.24) is 0 Å². The Hall–Kier alpha value is -3.09. The molecule has 1 fully saturated rings. The molecule has 2 heterocycles. The molecular formula is C25H22ClNO4S. The molecule has 0 bridgehead atoms. The first-order chi connectivity index (χ1) is 15.4. The van der Waals surface area contributed by atoms with Crippen molar-refractivity contribution < 1.29 is 19.4 Å². The second-order valence-electron chi connectivity index (χ2n) is 7.49. The fourth-order valence-corrected chi connectivity index (χ4v) is 4.85. The van der Waals surface area contributed by atoms with Crippen molar-refractivity contribution in [2.45, 2.75) is 26.3 Å². The van der Waals surface area contributed by atoms with Crippen LogP contribution in [0.3, 0.4) is 0 Å². The summed E-state index contributed by atoms with van der Waals surface area (Å²) in [5.41, 5.74) is 1.99. The number of Topliss-reactive ketones (excluding diaryl/α,β-unsaturated/α-hetero) is 1. The smallest absolute Gasteiger partial charge is 0.300 e. The van der Waals surface area contributed by atoms with Gasteiger partial charge in [0, 0.05) is 21.2 Å². The van der Waals surface area contributed by atoms with Gasteiger partial charge in [-0.3, -0.25) is 14.5 Å². The number of hydrogen-bond acceptors (Lipinski definition) is 5. The van der Waals surface area contributed by atoms with E-state index in [0.29, 0.717) is 28.6 Å². The lowest BCUT2D eigenvalue weighted by atomic mass is 9.98. The number of thiophene rings is 1. The summed E-state index contributed by atoms with van der Waals surface area (Å²) in [7, 11) is 0. The minimum Gasteiger partial charge on any atom is -0.507 e. The van der Waals surface area contributed by atoms with Gasteiger partial charge >= 0.3 is 0 Å². The Morgan fingerprint density at radius 1 is 1.09 bits per heavy atom. The molecule has 1 aliphatic rings. The van der Waals surface area contributed by atoms with E-state index in [1.807, 2.05) is 25.3 Å². The molecule has 1 aromatic heterocycles. The molecule has 1 N–H and O–H groups in total. The highest BCUT2D eigenvalue weighted by Crippen LogP contribution is 2.45. The maximum absolute atomic E-state index is 13.1. The van der Waals surface area contributed by atoms with Crippen LogP contribution in [-0.4, -0.2) is 23.4 Å². The highest BCUT2D eigenvalue weighted by molar-refractivity contribution is 7.10. The molecule has 5 nitrogen and oxygen atoms in total. The van der Waals surface area contributed by atoms with Gasteiger partial charge in [-0.15, -0.1) is 11.3 Å². The zero-order chi connectivity index (χ0) is 22.8. The molecule has 0 aliphatic carbocycles. The summed E-state index contributed by atoms with van der Waals surface area (Å²) in [6, 6.07) is 14.8. The lowest BCUT2D eigenvalue weighted by molar-refractivity contribution is -0.132. The molecular weight excluding hydrogens is 446 g/mol. The maximum Gasteiger partial charge on any atom is 0.300 e. The molecule has 164 valence electrons. The van der Waals surface area contributed by atoms with Crippen molar-refractivity contribution in [3.05, 3.63) is 86.6 Å². The molecule has 1 aliphatic heterocycles. The van der Waals surface area contributed by atoms with E-state index < -0.39 is 17.7 Å². The zero-order valence-corrected chi connectivity index (χ0v) is 19.2. The second kappa shape index (κ2) is 9.18. The maximum atomic E-state index is 13.1. The minimum absolute atomic E-state index is 0.0673. The zero-order valence-electron chi connectivity index (χ0n) is 17.7. The number of nitrogens with zero attached hydrogens (tertiary/aromatic N) is 1. The van der Waals surface area contributed by atoms with Gasteiger partial charge in [-0.2, -0.15) is 0 Å². The molecule has 1 unspecified atom stereocenters. The highest BCUT2D eigenvalue weighted by atomic mass is 35.5. The molecule has 3 aromatic rings. The quantitative estimate of drug-likeness (QED) is 0.269. The fourth-order valence-electron chi connectivity index (χ4n) is 3.70. The summed E-state index contributed by atoms with van der Waals surface area (Å²) in [4.78, 5) is 28.5. The number of amides is 1. The summed E-state index contributed by atoms with van der Waals surface area (Å²) in [5.74, 6) is -0.938. The number of hydrogen-bond donors (Lipinski definition) is 1. The molecule has 7 heteroatoms. The number of ether oxygens (including phenoxy) is 1. The van der Waals surface area contributed by atoms with Gasteiger partial charge in [0.15, 0.2) is 0 Å². The normalized spacial score (nSPS) is 17.7. The molecule has 1 saturated heterocycles. The van der Waals surface area contributed by atoms with Crippen LogP contribution in [0.25, 0.3) is 5.76 Å². The number of aliphatic hydroxyl groups excluding tert-OH is 1. The number of benzene rings is 2. The number of ketones is 1. The predicted octanol–water partition coefficient (Wildman–Crippen LogP) is 6.13. The molecule has 0 radical (unpaired) electrons. The second-order valence-corrected chi connectivity index (χ2v) is 8.87. The molecule has 0 spiro atoms. The number of anilines is 1. The predicted molar refractivity (Wildman–Crippen MR) is 128 cm³/mol. The standard InChI is InChI=1S/C25H22ClNO4S/c1-3-13-31-19-10-4-16(5-11-19)22(28)20-21(24-15(2)12-14-32-24)27(25(30)23(20)29)18-8-6-17(26)7-9-18/h4-12,14,21,28H,3,13H2,1-2H3/b22-20-. The van der Waals surface area contributed by atoms with Gasteiger partial charge in [-0.05, 0) is 78.9 Å². The topological polar surface area (TPSA) is 66.8 Å². The monoisotopic (exact) mass is 467 g/mol. The van der Waals surface area contributed by atoms with Crippen molar-refractivity contribution in [2.75, 3.05) is 11.5 Å². The van der Waals surface area contributed by atoms with E-state index in [2.05, 4.69) is 0 Å². The Balaban J connectivity index is 1.83. The Morgan fingerprint density at radius 2 is 1.78 bits per heavy atom. The third-order valence-electron chi connectivity index (χ3n) is 5.30. The third-order valence-corrected chi connectivity index (χ3v) is 6.62. The van der Waals surface area contributed by atoms with Gasteiger partial charge in [-0.25, -0.2) is 0 Å². The van der Waals surface area contributed by atoms with Crippen LogP contribution in [0.4, 0.5) is 5.69 Å². The number of carbonyl (C=O) groups excluding carboxylic acids is 2. The van der Waals surface area contributed by atoms with Gasteiger partial charge in [0.05, 0.1) is 12.2 Å². The molecule has 2 aromatic carbocycles. The van der Waals surface area contributed by atoms with Crippen LogP contribution in [0, 0.1) is 6.92 Å². The van der Waals surface area contributed by atoms with E-state index in [0.717, 1.165) is 16.9 Å². The van der Waals surface area contributed by atoms with Crippen LogP contribution in [-0.2, 0) is 9.59 Å². The summed E-state index contributed by atoms with van der Waals surface area (Å²) < 4.78 is 5.60. The Labute approximate surface area is 195 Å². The lowest BCUT2D eigenvalue weighted by Crippen LogP contribution is -2.29. The van der Waals surface area contributed by atoms with E-state index in [4.69, 9.17) is 16.3 Å². The fraction of sp³-hybridized carbons (Fsp3) is 0.200. The van der Waals surface area contributed by atoms with Gasteiger partial charge in [0.25, 0.3) is 11.7 Å². The van der Waals surface area contributed by atoms with Crippen LogP contribution in [0.5, 0.6) is 5.75 Å². The van der Waals surface area contributed by atoms with Crippen molar-refractivity contribution >= 4 is 46.1 Å². The largest absolute Gasteiger partial charge is 0.507 e. The van der Waals surface area contributed by atoms with Gasteiger partial charge < -0.3 is 9.84 Å². The van der Waals surface area contributed by atoms with Gasteiger partial charge in [-0.1, -0.05) is 18.5 Å². The first-order valence-corrected chi connectivity index (χ1v) is 11.5. The van der Waals surface area contributed by atoms with Crippen molar-refractivity contribution in [3.63, 3.8) is 0 Å². The van der Waals surface area contributed by atoms with Crippen LogP contribution < -0.4 is 9.64 Å². The summed E-state index contributed by atoms with van der Waals surface area (Å²) in [5, 5.41) is 13.6. The summed E-state index contributed by atoms with van der Waals surface area (Å²) >= 11 is 7.46. The lowest BCUT2D eigenvalue weighted by Gasteiger charge is -2.25. The number of rotatable bonds is 6. The van der Waals surface area contributed by atoms with Crippen molar-refractivity contribution in [2.24, 2.45) is 0 Å². The SMILES string of the molecule is CCCOc1ccc(/C(O)=C2/C(=O)C(=O)N(c3ccc(Cl)cc3)C2c2sccc2C)cc1. The van der Waals surface area contributed by atoms with Crippen LogP contribution in [0.1, 0.15) is 35.4 Å². The van der Waals surface area contributed by atoms with Crippen molar-refractivity contribution in [1.29, 1.82) is 0 Å². The Morgan fingerprint density at radius 3 is 2.38 bits per heavy atom. The van der Waals surface area contributed by atoms with Crippen molar-refractivity contribution in [3.8, 4) is 5.75 Å². The van der Waals surface area contributed by atoms with Gasteiger partial charge in [0.1, 0.15) is 17.6 Å². The first kappa shape index (κ1) is 22.1.